The summed E-state index contributed by atoms with van der Waals surface area (Å²) in [6.07, 6.45) is 6.09. The van der Waals surface area contributed by atoms with E-state index in [1.54, 1.807) is 0 Å². The molecule has 88 valence electrons. The van der Waals surface area contributed by atoms with Gasteiger partial charge in [0.2, 0.25) is 0 Å². The normalized spacial score (nSPS) is 13.5. The topological polar surface area (TPSA) is 57.4 Å². The predicted molar refractivity (Wildman–Crippen MR) is 69.1 cm³/mol. The standard InChI is InChI=1S/C13H16N4/c1-3-4-8(2)12-16-10-7-15-13-9(5-6-14-13)11(10)17-12/h5-8H,3-4H2,1-2H3,(H,14,15)(H,16,17). The van der Waals surface area contributed by atoms with Crippen LogP contribution >= 0.6 is 0 Å². The van der Waals surface area contributed by atoms with Crippen LogP contribution in [0.2, 0.25) is 0 Å². The summed E-state index contributed by atoms with van der Waals surface area (Å²) >= 11 is 0. The minimum atomic E-state index is 0.474. The summed E-state index contributed by atoms with van der Waals surface area (Å²) in [4.78, 5) is 15.6. The van der Waals surface area contributed by atoms with Gasteiger partial charge in [-0.3, -0.25) is 0 Å². The first-order valence-electron chi connectivity index (χ1n) is 6.11. The van der Waals surface area contributed by atoms with E-state index in [-0.39, 0.29) is 0 Å². The molecule has 4 nitrogen and oxygen atoms in total. The van der Waals surface area contributed by atoms with Crippen molar-refractivity contribution in [2.75, 3.05) is 0 Å². The van der Waals surface area contributed by atoms with Crippen LogP contribution in [0.15, 0.2) is 18.5 Å². The molecule has 2 N–H and O–H groups in total. The molecule has 0 aliphatic heterocycles. The maximum atomic E-state index is 4.72. The summed E-state index contributed by atoms with van der Waals surface area (Å²) in [5, 5.41) is 1.09. The molecule has 0 aliphatic rings. The Balaban J connectivity index is 2.17. The van der Waals surface area contributed by atoms with Crippen LogP contribution in [0.5, 0.6) is 0 Å². The Morgan fingerprint density at radius 1 is 1.41 bits per heavy atom. The van der Waals surface area contributed by atoms with Gasteiger partial charge in [0.25, 0.3) is 0 Å². The highest BCUT2D eigenvalue weighted by molar-refractivity contribution is 6.00. The number of rotatable bonds is 3. The lowest BCUT2D eigenvalue weighted by Gasteiger charge is -2.04. The second kappa shape index (κ2) is 3.87. The van der Waals surface area contributed by atoms with Crippen LogP contribution in [0.25, 0.3) is 22.1 Å². The van der Waals surface area contributed by atoms with Gasteiger partial charge in [-0.15, -0.1) is 0 Å². The van der Waals surface area contributed by atoms with E-state index in [0.717, 1.165) is 34.3 Å². The minimum Gasteiger partial charge on any atom is -0.346 e. The Kier molecular flexibility index (Phi) is 2.35. The third kappa shape index (κ3) is 1.60. The van der Waals surface area contributed by atoms with Gasteiger partial charge in [0.1, 0.15) is 17.0 Å². The molecule has 3 aromatic rings. The lowest BCUT2D eigenvalue weighted by atomic mass is 10.1. The first-order chi connectivity index (χ1) is 8.29. The number of pyridine rings is 1. The quantitative estimate of drug-likeness (QED) is 0.722. The summed E-state index contributed by atoms with van der Waals surface area (Å²) in [7, 11) is 0. The van der Waals surface area contributed by atoms with Crippen LogP contribution in [0.3, 0.4) is 0 Å². The smallest absolute Gasteiger partial charge is 0.139 e. The number of hydrogen-bond donors (Lipinski definition) is 2. The molecule has 0 fully saturated rings. The van der Waals surface area contributed by atoms with E-state index in [2.05, 4.69) is 28.8 Å². The fourth-order valence-electron chi connectivity index (χ4n) is 2.30. The fourth-order valence-corrected chi connectivity index (χ4v) is 2.30. The Bertz CT molecular complexity index is 650. The average molecular weight is 228 g/mol. The summed E-state index contributed by atoms with van der Waals surface area (Å²) in [5.74, 6) is 1.54. The van der Waals surface area contributed by atoms with E-state index in [4.69, 9.17) is 4.98 Å². The number of imidazole rings is 1. The average Bonchev–Trinajstić information content (AvgIpc) is 2.94. The Morgan fingerprint density at radius 3 is 3.12 bits per heavy atom. The molecule has 0 spiro atoms. The lowest BCUT2D eigenvalue weighted by Crippen LogP contribution is -1.94. The highest BCUT2D eigenvalue weighted by Crippen LogP contribution is 2.25. The fraction of sp³-hybridized carbons (Fsp3) is 0.385. The van der Waals surface area contributed by atoms with Gasteiger partial charge in [-0.25, -0.2) is 9.97 Å². The molecule has 3 aromatic heterocycles. The molecular formula is C13H16N4. The summed E-state index contributed by atoms with van der Waals surface area (Å²) in [6.45, 7) is 4.41. The Labute approximate surface area is 99.5 Å². The van der Waals surface area contributed by atoms with Crippen molar-refractivity contribution in [2.24, 2.45) is 0 Å². The molecule has 1 atom stereocenters. The zero-order valence-corrected chi connectivity index (χ0v) is 10.1. The van der Waals surface area contributed by atoms with Gasteiger partial charge in [-0.2, -0.15) is 0 Å². The summed E-state index contributed by atoms with van der Waals surface area (Å²) < 4.78 is 0. The van der Waals surface area contributed by atoms with Crippen molar-refractivity contribution in [3.05, 3.63) is 24.3 Å². The van der Waals surface area contributed by atoms with E-state index in [1.165, 1.54) is 6.42 Å². The first-order valence-corrected chi connectivity index (χ1v) is 6.11. The van der Waals surface area contributed by atoms with Gasteiger partial charge in [0.05, 0.1) is 11.7 Å². The van der Waals surface area contributed by atoms with Gasteiger partial charge in [-0.1, -0.05) is 20.3 Å². The van der Waals surface area contributed by atoms with Crippen molar-refractivity contribution < 1.29 is 0 Å². The van der Waals surface area contributed by atoms with E-state index >= 15 is 0 Å². The Morgan fingerprint density at radius 2 is 2.29 bits per heavy atom. The van der Waals surface area contributed by atoms with Crippen LogP contribution in [-0.2, 0) is 0 Å². The number of aromatic nitrogens is 4. The van der Waals surface area contributed by atoms with Gasteiger partial charge in [-0.05, 0) is 12.5 Å². The largest absolute Gasteiger partial charge is 0.346 e. The van der Waals surface area contributed by atoms with Gasteiger partial charge in [0.15, 0.2) is 0 Å². The van der Waals surface area contributed by atoms with Crippen molar-refractivity contribution in [3.8, 4) is 0 Å². The van der Waals surface area contributed by atoms with E-state index in [0.29, 0.717) is 5.92 Å². The minimum absolute atomic E-state index is 0.474. The second-order valence-electron chi connectivity index (χ2n) is 4.57. The van der Waals surface area contributed by atoms with Crippen molar-refractivity contribution >= 4 is 22.1 Å². The number of hydrogen-bond acceptors (Lipinski definition) is 2. The van der Waals surface area contributed by atoms with Crippen LogP contribution < -0.4 is 0 Å². The van der Waals surface area contributed by atoms with Gasteiger partial charge in [0, 0.05) is 17.5 Å². The first kappa shape index (κ1) is 10.3. The molecule has 0 radical (unpaired) electrons. The SMILES string of the molecule is CCCC(C)c1nc2c(cnc3[nH]ccc32)[nH]1. The Hall–Kier alpha value is -1.84. The zero-order valence-electron chi connectivity index (χ0n) is 10.1. The molecule has 0 saturated heterocycles. The number of fused-ring (bicyclic) bond motifs is 3. The molecule has 1 unspecified atom stereocenters. The second-order valence-corrected chi connectivity index (χ2v) is 4.57. The summed E-state index contributed by atoms with van der Waals surface area (Å²) in [5.41, 5.74) is 2.95. The maximum Gasteiger partial charge on any atom is 0.139 e. The van der Waals surface area contributed by atoms with E-state index in [9.17, 15) is 0 Å². The number of H-pyrrole nitrogens is 2. The third-order valence-electron chi connectivity index (χ3n) is 3.24. The van der Waals surface area contributed by atoms with Crippen molar-refractivity contribution in [1.29, 1.82) is 0 Å². The van der Waals surface area contributed by atoms with Crippen molar-refractivity contribution in [1.82, 2.24) is 19.9 Å². The zero-order chi connectivity index (χ0) is 11.8. The van der Waals surface area contributed by atoms with Gasteiger partial charge >= 0.3 is 0 Å². The van der Waals surface area contributed by atoms with Gasteiger partial charge < -0.3 is 9.97 Å². The van der Waals surface area contributed by atoms with Crippen LogP contribution in [-0.4, -0.2) is 19.9 Å². The molecule has 0 bridgehead atoms. The molecule has 17 heavy (non-hydrogen) atoms. The van der Waals surface area contributed by atoms with Crippen LogP contribution in [0.1, 0.15) is 38.4 Å². The molecule has 0 aromatic carbocycles. The maximum absolute atomic E-state index is 4.72. The predicted octanol–water partition coefficient (Wildman–Crippen LogP) is 3.34. The lowest BCUT2D eigenvalue weighted by molar-refractivity contribution is 0.636. The summed E-state index contributed by atoms with van der Waals surface area (Å²) in [6, 6.07) is 2.03. The number of aromatic amines is 2. The van der Waals surface area contributed by atoms with Crippen molar-refractivity contribution in [2.45, 2.75) is 32.6 Å². The molecule has 0 saturated carbocycles. The van der Waals surface area contributed by atoms with E-state index in [1.807, 2.05) is 18.5 Å². The molecular weight excluding hydrogens is 212 g/mol. The molecule has 3 rings (SSSR count). The highest BCUT2D eigenvalue weighted by Gasteiger charge is 2.12. The molecule has 0 aliphatic carbocycles. The molecule has 4 heteroatoms. The van der Waals surface area contributed by atoms with Crippen LogP contribution in [0, 0.1) is 0 Å². The van der Waals surface area contributed by atoms with Crippen molar-refractivity contribution in [3.63, 3.8) is 0 Å². The molecule has 0 amide bonds. The number of nitrogens with one attached hydrogen (secondary N) is 2. The highest BCUT2D eigenvalue weighted by atomic mass is 15.0. The number of nitrogens with zero attached hydrogens (tertiary/aromatic N) is 2. The van der Waals surface area contributed by atoms with E-state index < -0.39 is 0 Å². The molecule has 3 heterocycles. The van der Waals surface area contributed by atoms with Crippen LogP contribution in [0.4, 0.5) is 0 Å². The third-order valence-corrected chi connectivity index (χ3v) is 3.24. The monoisotopic (exact) mass is 228 g/mol.